The third-order valence-electron chi connectivity index (χ3n) is 4.24. The molecule has 0 saturated heterocycles. The molecule has 1 heterocycles. The van der Waals surface area contributed by atoms with Gasteiger partial charge < -0.3 is 5.11 Å². The molecule has 0 atom stereocenters. The van der Waals surface area contributed by atoms with Crippen molar-refractivity contribution in [3.63, 3.8) is 0 Å². The van der Waals surface area contributed by atoms with Crippen LogP contribution in [0.1, 0.15) is 16.7 Å². The van der Waals surface area contributed by atoms with E-state index in [4.69, 9.17) is 24.1 Å². The van der Waals surface area contributed by atoms with Gasteiger partial charge in [0.05, 0.1) is 35.5 Å². The van der Waals surface area contributed by atoms with Crippen molar-refractivity contribution in [3.05, 3.63) is 75.5 Å². The zero-order valence-corrected chi connectivity index (χ0v) is 15.8. The Balaban J connectivity index is 2.22. The molecule has 3 aromatic rings. The number of benzene rings is 2. The summed E-state index contributed by atoms with van der Waals surface area (Å²) in [5.74, 6) is -0.647. The predicted octanol–water partition coefficient (Wildman–Crippen LogP) is 6.16. The van der Waals surface area contributed by atoms with Gasteiger partial charge in [0.1, 0.15) is 0 Å². The zero-order chi connectivity index (χ0) is 23.1. The number of aromatic hydroxyl groups is 1. The fraction of sp³-hybridized carbons (Fsp3) is 0.105. The highest BCUT2D eigenvalue weighted by Crippen LogP contribution is 2.39. The molecule has 0 aliphatic rings. The topological polar surface area (TPSA) is 58.2 Å². The van der Waals surface area contributed by atoms with E-state index in [2.05, 4.69) is 4.85 Å². The summed E-state index contributed by atoms with van der Waals surface area (Å²) in [6.07, 6.45) is -8.77. The Hall–Kier alpha value is -3.77. The summed E-state index contributed by atoms with van der Waals surface area (Å²) in [7, 11) is 0. The summed E-state index contributed by atoms with van der Waals surface area (Å²) in [6, 6.07) is 6.75. The van der Waals surface area contributed by atoms with Crippen LogP contribution in [-0.2, 0) is 12.4 Å². The Bertz CT molecular complexity index is 1320. The van der Waals surface area contributed by atoms with Crippen LogP contribution in [0.15, 0.2) is 42.6 Å². The van der Waals surface area contributed by atoms with Crippen molar-refractivity contribution in [2.45, 2.75) is 12.4 Å². The number of hydrogen-bond donors (Lipinski definition) is 1. The molecule has 3 rings (SSSR count). The van der Waals surface area contributed by atoms with Gasteiger partial charge in [-0.2, -0.15) is 31.6 Å². The Morgan fingerprint density at radius 3 is 2.10 bits per heavy atom. The molecule has 0 saturated carbocycles. The molecule has 0 bridgehead atoms. The van der Waals surface area contributed by atoms with Crippen LogP contribution in [0.2, 0.25) is 0 Å². The Morgan fingerprint density at radius 2 is 1.55 bits per heavy atom. The van der Waals surface area contributed by atoms with E-state index in [-0.39, 0.29) is 16.1 Å². The highest BCUT2D eigenvalue weighted by molar-refractivity contribution is 7.71. The van der Waals surface area contributed by atoms with Crippen LogP contribution in [0.5, 0.6) is 5.88 Å². The molecule has 2 aromatic carbocycles. The number of hydrogen-bond acceptors (Lipinski definition) is 3. The number of nitrogens with zero attached hydrogens (tertiary/aromatic N) is 4. The summed E-state index contributed by atoms with van der Waals surface area (Å²) in [4.78, 5) is 2.81. The van der Waals surface area contributed by atoms with E-state index in [9.17, 15) is 31.4 Å². The van der Waals surface area contributed by atoms with Crippen LogP contribution >= 0.6 is 12.2 Å². The van der Waals surface area contributed by atoms with E-state index in [0.29, 0.717) is 12.1 Å². The molecule has 0 radical (unpaired) electrons. The molecule has 1 N–H and O–H groups in total. The number of halogens is 6. The average Bonchev–Trinajstić information content (AvgIpc) is 2.99. The first-order valence-corrected chi connectivity index (χ1v) is 8.53. The maximum Gasteiger partial charge on any atom is 0.417 e. The summed E-state index contributed by atoms with van der Waals surface area (Å²) in [5, 5.41) is 19.1. The number of aromatic nitrogens is 2. The largest absolute Gasteiger partial charge is 0.493 e. The number of nitriles is 1. The number of alkyl halides is 6. The van der Waals surface area contributed by atoms with Gasteiger partial charge in [-0.05, 0) is 42.5 Å². The van der Waals surface area contributed by atoms with Gasteiger partial charge in [0.15, 0.2) is 10.5 Å². The second kappa shape index (κ2) is 7.49. The van der Waals surface area contributed by atoms with Gasteiger partial charge in [-0.1, -0.05) is 6.07 Å². The standard InChI is InChI=1S/C19H8F6N4OS/c1-27-15-5-4-12(7-14(15)19(23,24)25)29-16(30)9-28(17(29)31)11-3-2-10(8-26)13(6-11)18(20,21)22/h2-7,9,30H. The predicted molar refractivity (Wildman–Crippen MR) is 98.6 cm³/mol. The van der Waals surface area contributed by atoms with Crippen LogP contribution in [0, 0.1) is 22.7 Å². The summed E-state index contributed by atoms with van der Waals surface area (Å²) >= 11 is 5.15. The van der Waals surface area contributed by atoms with Crippen molar-refractivity contribution >= 4 is 17.9 Å². The Labute approximate surface area is 175 Å². The first-order valence-electron chi connectivity index (χ1n) is 8.12. The molecule has 12 heteroatoms. The minimum absolute atomic E-state index is 0.167. The maximum atomic E-state index is 13.3. The molecule has 1 aromatic heterocycles. The molecule has 0 fully saturated rings. The van der Waals surface area contributed by atoms with E-state index in [0.717, 1.165) is 39.6 Å². The van der Waals surface area contributed by atoms with Crippen LogP contribution in [-0.4, -0.2) is 14.2 Å². The molecule has 0 spiro atoms. The van der Waals surface area contributed by atoms with Crippen molar-refractivity contribution in [3.8, 4) is 23.3 Å². The highest BCUT2D eigenvalue weighted by Gasteiger charge is 2.35. The molecular formula is C19H8F6N4OS. The first kappa shape index (κ1) is 21.9. The van der Waals surface area contributed by atoms with Crippen molar-refractivity contribution in [2.75, 3.05) is 0 Å². The normalized spacial score (nSPS) is 11.7. The number of rotatable bonds is 2. The lowest BCUT2D eigenvalue weighted by Gasteiger charge is -2.13. The van der Waals surface area contributed by atoms with Gasteiger partial charge in [0.2, 0.25) is 5.88 Å². The number of imidazole rings is 1. The van der Waals surface area contributed by atoms with Crippen LogP contribution in [0.25, 0.3) is 16.2 Å². The fourth-order valence-electron chi connectivity index (χ4n) is 2.86. The smallest absolute Gasteiger partial charge is 0.417 e. The monoisotopic (exact) mass is 454 g/mol. The van der Waals surface area contributed by atoms with Gasteiger partial charge in [0.25, 0.3) is 0 Å². The SMILES string of the molecule is [C-]#[N+]c1ccc(-n2c(O)cn(-c3ccc(C#N)c(C(F)(F)F)c3)c2=S)cc1C(F)(F)F. The molecule has 31 heavy (non-hydrogen) atoms. The third kappa shape index (κ3) is 3.98. The lowest BCUT2D eigenvalue weighted by atomic mass is 10.1. The second-order valence-corrected chi connectivity index (χ2v) is 6.49. The lowest BCUT2D eigenvalue weighted by Crippen LogP contribution is -2.09. The maximum absolute atomic E-state index is 13.3. The van der Waals surface area contributed by atoms with Crippen LogP contribution in [0.4, 0.5) is 32.0 Å². The van der Waals surface area contributed by atoms with Crippen molar-refractivity contribution in [1.29, 1.82) is 5.26 Å². The van der Waals surface area contributed by atoms with Crippen LogP contribution in [0.3, 0.4) is 0 Å². The summed E-state index contributed by atoms with van der Waals surface area (Å²) < 4.78 is 80.9. The van der Waals surface area contributed by atoms with Gasteiger partial charge >= 0.3 is 12.4 Å². The summed E-state index contributed by atoms with van der Waals surface area (Å²) in [5.41, 5.74) is -4.20. The minimum Gasteiger partial charge on any atom is -0.493 e. The van der Waals surface area contributed by atoms with E-state index in [1.165, 1.54) is 6.07 Å². The van der Waals surface area contributed by atoms with E-state index in [1.807, 2.05) is 0 Å². The van der Waals surface area contributed by atoms with Gasteiger partial charge in [-0.3, -0.25) is 9.13 Å². The fourth-order valence-corrected chi connectivity index (χ4v) is 3.22. The van der Waals surface area contributed by atoms with E-state index < -0.39 is 40.6 Å². The molecule has 0 aliphatic carbocycles. The summed E-state index contributed by atoms with van der Waals surface area (Å²) in [6.45, 7) is 6.87. The van der Waals surface area contributed by atoms with Crippen molar-refractivity contribution < 1.29 is 31.4 Å². The quantitative estimate of drug-likeness (QED) is 0.287. The Kier molecular flexibility index (Phi) is 5.29. The van der Waals surface area contributed by atoms with Crippen LogP contribution < -0.4 is 0 Å². The molecule has 0 unspecified atom stereocenters. The van der Waals surface area contributed by atoms with E-state index >= 15 is 0 Å². The first-order chi connectivity index (χ1) is 14.4. The minimum atomic E-state index is -4.86. The van der Waals surface area contributed by atoms with Crippen molar-refractivity contribution in [1.82, 2.24) is 9.13 Å². The molecular weight excluding hydrogens is 446 g/mol. The zero-order valence-electron chi connectivity index (χ0n) is 15.0. The van der Waals surface area contributed by atoms with Gasteiger partial charge in [-0.15, -0.1) is 0 Å². The molecule has 0 aliphatic heterocycles. The molecule has 5 nitrogen and oxygen atoms in total. The van der Waals surface area contributed by atoms with Gasteiger partial charge in [0, 0.05) is 11.4 Å². The second-order valence-electron chi connectivity index (χ2n) is 6.13. The third-order valence-corrected chi connectivity index (χ3v) is 4.62. The van der Waals surface area contributed by atoms with Crippen molar-refractivity contribution in [2.24, 2.45) is 0 Å². The van der Waals surface area contributed by atoms with E-state index in [1.54, 1.807) is 0 Å². The molecule has 158 valence electrons. The lowest BCUT2D eigenvalue weighted by molar-refractivity contribution is -0.138. The average molecular weight is 454 g/mol. The Morgan fingerprint density at radius 1 is 0.968 bits per heavy atom. The molecule has 0 amide bonds. The van der Waals surface area contributed by atoms with Gasteiger partial charge in [-0.25, -0.2) is 4.85 Å². The highest BCUT2D eigenvalue weighted by atomic mass is 32.1.